The smallest absolute Gasteiger partial charge is 0.176 e. The number of ketones is 1. The summed E-state index contributed by atoms with van der Waals surface area (Å²) in [5, 5.41) is 15.6. The number of hydrogen-bond acceptors (Lipinski definition) is 5. The van der Waals surface area contributed by atoms with E-state index in [4.69, 9.17) is 16.3 Å². The number of carbonyl (C=O) groups excluding carboxylic acids is 1. The average molecular weight is 559 g/mol. The third-order valence-corrected chi connectivity index (χ3v) is 7.82. The molecule has 2 aromatic rings. The number of likely N-dealkylation sites (tertiary alicyclic amines) is 1. The number of ether oxygens (including phenoxy) is 1. The van der Waals surface area contributed by atoms with Crippen molar-refractivity contribution in [2.24, 2.45) is 5.92 Å². The number of aromatic hydroxyl groups is 1. The van der Waals surface area contributed by atoms with Crippen LogP contribution in [0.15, 0.2) is 78.2 Å². The molecule has 0 bridgehead atoms. The summed E-state index contributed by atoms with van der Waals surface area (Å²) >= 11 is 6.30. The van der Waals surface area contributed by atoms with Crippen molar-refractivity contribution in [3.8, 4) is 22.6 Å². The van der Waals surface area contributed by atoms with Gasteiger partial charge in [0.15, 0.2) is 17.3 Å². The number of phenols is 1. The predicted molar refractivity (Wildman–Crippen MR) is 165 cm³/mol. The first-order chi connectivity index (χ1) is 19.3. The number of nitrogens with one attached hydrogen (secondary N) is 1. The first kappa shape index (κ1) is 29.3. The fraction of sp³-hybridized carbons (Fsp3) is 0.324. The summed E-state index contributed by atoms with van der Waals surface area (Å²) in [6, 6.07) is 9.32. The van der Waals surface area contributed by atoms with E-state index >= 15 is 0 Å². The molecule has 1 aliphatic carbocycles. The zero-order chi connectivity index (χ0) is 28.8. The highest BCUT2D eigenvalue weighted by atomic mass is 35.5. The minimum absolute atomic E-state index is 0.0584. The van der Waals surface area contributed by atoms with Gasteiger partial charge in [-0.25, -0.2) is 0 Å². The molecule has 4 rings (SSSR count). The van der Waals surface area contributed by atoms with Crippen LogP contribution in [0.25, 0.3) is 23.4 Å². The number of allylic oxidation sites excluding steroid dienone is 4. The van der Waals surface area contributed by atoms with Gasteiger partial charge in [0, 0.05) is 41.2 Å². The summed E-state index contributed by atoms with van der Waals surface area (Å²) in [5.74, 6) is 0.389. The van der Waals surface area contributed by atoms with Gasteiger partial charge in [0.2, 0.25) is 0 Å². The van der Waals surface area contributed by atoms with E-state index in [1.807, 2.05) is 56.4 Å². The Bertz CT molecular complexity index is 1490. The topological polar surface area (TPSA) is 61.8 Å². The lowest BCUT2D eigenvalue weighted by Gasteiger charge is -2.29. The van der Waals surface area contributed by atoms with Crippen LogP contribution in [0.2, 0.25) is 5.02 Å². The molecule has 0 aromatic heterocycles. The summed E-state index contributed by atoms with van der Waals surface area (Å²) in [5.41, 5.74) is 4.83. The van der Waals surface area contributed by atoms with Gasteiger partial charge in [-0.2, -0.15) is 0 Å². The molecule has 2 N–H and O–H groups in total. The van der Waals surface area contributed by atoms with Crippen LogP contribution >= 0.6 is 11.6 Å². The number of nitrogens with zero attached hydrogens (tertiary/aromatic N) is 1. The Balaban J connectivity index is 1.80. The highest BCUT2D eigenvalue weighted by molar-refractivity contribution is 6.32. The van der Waals surface area contributed by atoms with Crippen LogP contribution in [-0.2, 0) is 4.79 Å². The molecule has 210 valence electrons. The number of rotatable bonds is 10. The number of piperidine rings is 1. The van der Waals surface area contributed by atoms with Crippen LogP contribution in [0.1, 0.15) is 46.0 Å². The minimum atomic E-state index is -0.0993. The summed E-state index contributed by atoms with van der Waals surface area (Å²) in [4.78, 5) is 15.8. The third-order valence-electron chi connectivity index (χ3n) is 7.53. The lowest BCUT2D eigenvalue weighted by molar-refractivity contribution is -0.116. The first-order valence-electron chi connectivity index (χ1n) is 13.9. The zero-order valence-electron chi connectivity index (χ0n) is 23.7. The van der Waals surface area contributed by atoms with Crippen molar-refractivity contribution in [3.63, 3.8) is 0 Å². The second-order valence-corrected chi connectivity index (χ2v) is 10.7. The molecule has 1 heterocycles. The first-order valence-corrected chi connectivity index (χ1v) is 14.3. The Labute approximate surface area is 242 Å². The lowest BCUT2D eigenvalue weighted by Crippen LogP contribution is -2.33. The Morgan fingerprint density at radius 3 is 2.42 bits per heavy atom. The molecule has 1 saturated carbocycles. The fourth-order valence-corrected chi connectivity index (χ4v) is 5.18. The number of phenolic OH excluding ortho intramolecular Hbond substituents is 1. The molecule has 2 aliphatic rings. The maximum Gasteiger partial charge on any atom is 0.176 e. The monoisotopic (exact) mass is 558 g/mol. The molecule has 2 aromatic carbocycles. The van der Waals surface area contributed by atoms with Crippen LogP contribution in [-0.4, -0.2) is 36.0 Å². The number of benzene rings is 2. The molecule has 1 aliphatic heterocycles. The summed E-state index contributed by atoms with van der Waals surface area (Å²) in [6.07, 6.45) is 13.4. The quantitative estimate of drug-likeness (QED) is 0.268. The molecule has 2 fully saturated rings. The summed E-state index contributed by atoms with van der Waals surface area (Å²) < 4.78 is 5.32. The van der Waals surface area contributed by atoms with E-state index in [1.54, 1.807) is 12.1 Å². The average Bonchev–Trinajstić information content (AvgIpc) is 3.82. The van der Waals surface area contributed by atoms with E-state index in [9.17, 15) is 9.90 Å². The van der Waals surface area contributed by atoms with Gasteiger partial charge in [0.25, 0.3) is 0 Å². The van der Waals surface area contributed by atoms with Gasteiger partial charge in [-0.15, -0.1) is 0 Å². The molecule has 5 nitrogen and oxygen atoms in total. The van der Waals surface area contributed by atoms with Gasteiger partial charge in [0.1, 0.15) is 0 Å². The highest BCUT2D eigenvalue weighted by Crippen LogP contribution is 2.38. The van der Waals surface area contributed by atoms with E-state index in [-0.39, 0.29) is 22.5 Å². The van der Waals surface area contributed by atoms with Crippen molar-refractivity contribution in [1.29, 1.82) is 0 Å². The molecule has 0 spiro atoms. The molecule has 6 heteroatoms. The number of methoxy groups -OCH3 is 1. The Morgan fingerprint density at radius 2 is 1.80 bits per heavy atom. The van der Waals surface area contributed by atoms with Gasteiger partial charge in [-0.05, 0) is 92.6 Å². The number of halogens is 1. The number of Topliss-reactive ketones (excluding diaryl/α,β-unsaturated/α-hetero) is 1. The van der Waals surface area contributed by atoms with Crippen LogP contribution < -0.4 is 20.5 Å². The largest absolute Gasteiger partial charge is 0.503 e. The number of carbonyl (C=O) groups is 1. The van der Waals surface area contributed by atoms with E-state index in [2.05, 4.69) is 23.4 Å². The lowest BCUT2D eigenvalue weighted by atomic mass is 9.98. The Hall–Kier alpha value is -3.70. The maximum atomic E-state index is 13.5. The van der Waals surface area contributed by atoms with Crippen LogP contribution in [0.3, 0.4) is 0 Å². The van der Waals surface area contributed by atoms with E-state index < -0.39 is 0 Å². The van der Waals surface area contributed by atoms with Gasteiger partial charge >= 0.3 is 0 Å². The van der Waals surface area contributed by atoms with E-state index in [1.165, 1.54) is 26.4 Å². The predicted octanol–water partition coefficient (Wildman–Crippen LogP) is 6.21. The van der Waals surface area contributed by atoms with Crippen LogP contribution in [0.4, 0.5) is 0 Å². The maximum absolute atomic E-state index is 13.5. The summed E-state index contributed by atoms with van der Waals surface area (Å²) in [7, 11) is 1.49. The molecule has 1 saturated heterocycles. The van der Waals surface area contributed by atoms with Crippen molar-refractivity contribution >= 4 is 29.7 Å². The highest BCUT2D eigenvalue weighted by Gasteiger charge is 2.33. The van der Waals surface area contributed by atoms with Gasteiger partial charge in [0.05, 0.1) is 17.8 Å². The summed E-state index contributed by atoms with van der Waals surface area (Å²) in [6.45, 7) is 14.5. The fourth-order valence-electron chi connectivity index (χ4n) is 4.97. The van der Waals surface area contributed by atoms with Crippen LogP contribution in [0, 0.1) is 5.92 Å². The van der Waals surface area contributed by atoms with Crippen molar-refractivity contribution in [2.45, 2.75) is 46.0 Å². The van der Waals surface area contributed by atoms with Crippen molar-refractivity contribution in [1.82, 2.24) is 10.2 Å². The second kappa shape index (κ2) is 13.1. The van der Waals surface area contributed by atoms with Crippen LogP contribution in [0.5, 0.6) is 11.5 Å². The SMILES string of the molecule is C=C(/C=C\C(=C/C)NC(/C(=C\C)C(=O)C1CC1)=c1\cc(-c2cc(Cl)c(O)c(OC)c2)ccc1=C)N1CCCCC1. The Kier molecular flexibility index (Phi) is 9.59. The Morgan fingerprint density at radius 1 is 1.07 bits per heavy atom. The van der Waals surface area contributed by atoms with E-state index in [0.29, 0.717) is 17.0 Å². The molecule has 0 unspecified atom stereocenters. The standard InChI is InChI=1S/C34H39ClN2O3/c1-6-27(16-12-23(4)37-17-9-8-10-18-37)36-32(28(7-2)33(38)24-14-15-24)29-19-25(13-11-22(29)3)26-20-30(35)34(39)31(21-26)40-5/h6-7,11-13,16,19-21,24,36,39H,3-4,8-10,14-15,17-18H2,1-2,5H3/b16-12-,27-6+,28-7+,32-29+. The van der Waals surface area contributed by atoms with Crippen molar-refractivity contribution < 1.29 is 14.6 Å². The second-order valence-electron chi connectivity index (χ2n) is 10.3. The molecule has 0 atom stereocenters. The molecular formula is C34H39ClN2O3. The molecule has 0 radical (unpaired) electrons. The number of hydrogen-bond donors (Lipinski definition) is 2. The van der Waals surface area contributed by atoms with Crippen molar-refractivity contribution in [3.05, 3.63) is 93.6 Å². The molecule has 0 amide bonds. The normalized spacial score (nSPS) is 17.1. The van der Waals surface area contributed by atoms with Gasteiger partial charge in [-0.1, -0.05) is 49.0 Å². The third kappa shape index (κ3) is 6.71. The minimum Gasteiger partial charge on any atom is -0.503 e. The van der Waals surface area contributed by atoms with Gasteiger partial charge < -0.3 is 20.1 Å². The molecular weight excluding hydrogens is 520 g/mol. The zero-order valence-corrected chi connectivity index (χ0v) is 24.5. The molecule has 40 heavy (non-hydrogen) atoms. The van der Waals surface area contributed by atoms with Gasteiger partial charge in [-0.3, -0.25) is 4.79 Å². The van der Waals surface area contributed by atoms with Crippen molar-refractivity contribution in [2.75, 3.05) is 20.2 Å². The van der Waals surface area contributed by atoms with E-state index in [0.717, 1.165) is 58.9 Å².